The third-order valence-electron chi connectivity index (χ3n) is 4.68. The molecule has 2 fully saturated rings. The summed E-state index contributed by atoms with van der Waals surface area (Å²) in [7, 11) is 1.76. The molecule has 0 saturated heterocycles. The molecule has 0 aliphatic heterocycles. The summed E-state index contributed by atoms with van der Waals surface area (Å²) in [5, 5.41) is 16.5. The van der Waals surface area contributed by atoms with E-state index in [1.165, 1.54) is 12.8 Å². The van der Waals surface area contributed by atoms with E-state index in [0.717, 1.165) is 70.5 Å². The van der Waals surface area contributed by atoms with Crippen molar-refractivity contribution < 1.29 is 9.84 Å². The molecule has 24 heavy (non-hydrogen) atoms. The van der Waals surface area contributed by atoms with E-state index in [4.69, 9.17) is 9.73 Å². The van der Waals surface area contributed by atoms with Crippen molar-refractivity contribution in [1.29, 1.82) is 0 Å². The van der Waals surface area contributed by atoms with Gasteiger partial charge in [-0.25, -0.2) is 0 Å². The van der Waals surface area contributed by atoms with Gasteiger partial charge in [0.05, 0.1) is 19.3 Å². The second-order valence-electron chi connectivity index (χ2n) is 6.67. The van der Waals surface area contributed by atoms with Gasteiger partial charge in [-0.1, -0.05) is 0 Å². The molecule has 0 unspecified atom stereocenters. The van der Waals surface area contributed by atoms with Gasteiger partial charge < -0.3 is 20.5 Å². The molecule has 2 aliphatic carbocycles. The highest BCUT2D eigenvalue weighted by atomic mass is 127. The first-order chi connectivity index (χ1) is 11.2. The van der Waals surface area contributed by atoms with Gasteiger partial charge >= 0.3 is 0 Å². The third-order valence-corrected chi connectivity index (χ3v) is 4.68. The molecule has 3 N–H and O–H groups in total. The summed E-state index contributed by atoms with van der Waals surface area (Å²) in [5.41, 5.74) is 0. The van der Waals surface area contributed by atoms with Gasteiger partial charge in [0.1, 0.15) is 0 Å². The first-order valence-corrected chi connectivity index (χ1v) is 9.18. The zero-order valence-electron chi connectivity index (χ0n) is 15.2. The molecule has 142 valence electrons. The van der Waals surface area contributed by atoms with Crippen LogP contribution < -0.4 is 10.6 Å². The fourth-order valence-electron chi connectivity index (χ4n) is 3.15. The van der Waals surface area contributed by atoms with E-state index in [-0.39, 0.29) is 30.1 Å². The van der Waals surface area contributed by atoms with Gasteiger partial charge in [0.25, 0.3) is 0 Å². The van der Waals surface area contributed by atoms with Gasteiger partial charge in [-0.05, 0) is 45.4 Å². The summed E-state index contributed by atoms with van der Waals surface area (Å²) in [6, 6.07) is 1.18. The Hall–Kier alpha value is -0.120. The Bertz CT molecular complexity index is 358. The van der Waals surface area contributed by atoms with Crippen molar-refractivity contribution in [2.75, 3.05) is 39.9 Å². The molecule has 2 aliphatic rings. The van der Waals surface area contributed by atoms with Crippen LogP contribution in [0.1, 0.15) is 45.4 Å². The molecular weight excluding hydrogens is 419 g/mol. The molecule has 0 aromatic carbocycles. The van der Waals surface area contributed by atoms with Gasteiger partial charge in [0, 0.05) is 38.8 Å². The lowest BCUT2D eigenvalue weighted by Gasteiger charge is -2.28. The van der Waals surface area contributed by atoms with Crippen LogP contribution in [-0.2, 0) is 4.74 Å². The minimum absolute atomic E-state index is 0. The maximum absolute atomic E-state index is 9.61. The minimum Gasteiger partial charge on any atom is -0.393 e. The smallest absolute Gasteiger partial charge is 0.191 e. The van der Waals surface area contributed by atoms with Crippen LogP contribution >= 0.6 is 24.0 Å². The highest BCUT2D eigenvalue weighted by Gasteiger charge is 2.28. The SMILES string of the molecule is CCNC(=NCCN(CCOC)C1CC1)NC1CCC(O)CC1.I. The lowest BCUT2D eigenvalue weighted by Crippen LogP contribution is -2.45. The van der Waals surface area contributed by atoms with Crippen molar-refractivity contribution >= 4 is 29.9 Å². The van der Waals surface area contributed by atoms with Gasteiger partial charge in [-0.2, -0.15) is 0 Å². The van der Waals surface area contributed by atoms with E-state index in [1.54, 1.807) is 7.11 Å². The standard InChI is InChI=1S/C17H34N4O2.HI/c1-3-18-17(20-14-4-8-16(22)9-5-14)19-10-11-21(12-13-23-2)15-6-7-15;/h14-16,22H,3-13H2,1-2H3,(H2,18,19,20);1H. The van der Waals surface area contributed by atoms with Crippen LogP contribution in [0.25, 0.3) is 0 Å². The molecule has 7 heteroatoms. The Morgan fingerprint density at radius 1 is 1.17 bits per heavy atom. The number of nitrogens with one attached hydrogen (secondary N) is 2. The Kier molecular flexibility index (Phi) is 11.2. The predicted octanol–water partition coefficient (Wildman–Crippen LogP) is 1.57. The molecule has 0 bridgehead atoms. The molecule has 0 amide bonds. The number of methoxy groups -OCH3 is 1. The second-order valence-corrected chi connectivity index (χ2v) is 6.67. The van der Waals surface area contributed by atoms with Crippen molar-refractivity contribution in [3.05, 3.63) is 0 Å². The molecule has 0 spiro atoms. The van der Waals surface area contributed by atoms with Crippen LogP contribution in [0.2, 0.25) is 0 Å². The molecular formula is C17H35IN4O2. The van der Waals surface area contributed by atoms with Crippen LogP contribution in [-0.4, -0.2) is 74.0 Å². The number of ether oxygens (including phenoxy) is 1. The van der Waals surface area contributed by atoms with Crippen LogP contribution in [0.4, 0.5) is 0 Å². The molecule has 0 aromatic rings. The lowest BCUT2D eigenvalue weighted by molar-refractivity contribution is 0.120. The first kappa shape index (κ1) is 21.9. The number of halogens is 1. The van der Waals surface area contributed by atoms with Crippen molar-refractivity contribution in [3.8, 4) is 0 Å². The van der Waals surface area contributed by atoms with Crippen molar-refractivity contribution in [2.24, 2.45) is 4.99 Å². The molecule has 0 radical (unpaired) electrons. The fraction of sp³-hybridized carbons (Fsp3) is 0.941. The quantitative estimate of drug-likeness (QED) is 0.281. The summed E-state index contributed by atoms with van der Waals surface area (Å²) >= 11 is 0. The van der Waals surface area contributed by atoms with E-state index >= 15 is 0 Å². The minimum atomic E-state index is -0.111. The van der Waals surface area contributed by atoms with E-state index < -0.39 is 0 Å². The molecule has 0 aromatic heterocycles. The largest absolute Gasteiger partial charge is 0.393 e. The van der Waals surface area contributed by atoms with Gasteiger partial charge in [-0.3, -0.25) is 9.89 Å². The normalized spacial score (nSPS) is 24.6. The van der Waals surface area contributed by atoms with Gasteiger partial charge in [-0.15, -0.1) is 24.0 Å². The molecule has 0 heterocycles. The zero-order chi connectivity index (χ0) is 16.5. The maximum atomic E-state index is 9.61. The van der Waals surface area contributed by atoms with Crippen LogP contribution in [0, 0.1) is 0 Å². The number of rotatable bonds is 9. The number of aliphatic hydroxyl groups excluding tert-OH is 1. The van der Waals surface area contributed by atoms with Crippen molar-refractivity contribution in [3.63, 3.8) is 0 Å². The number of nitrogens with zero attached hydrogens (tertiary/aromatic N) is 2. The maximum Gasteiger partial charge on any atom is 0.191 e. The summed E-state index contributed by atoms with van der Waals surface area (Å²) in [6.45, 7) is 6.57. The average Bonchev–Trinajstić information content (AvgIpc) is 3.38. The number of aliphatic hydroxyl groups is 1. The molecule has 6 nitrogen and oxygen atoms in total. The number of guanidine groups is 1. The Labute approximate surface area is 163 Å². The Balaban J connectivity index is 0.00000288. The van der Waals surface area contributed by atoms with Crippen LogP contribution in [0.5, 0.6) is 0 Å². The van der Waals surface area contributed by atoms with E-state index in [2.05, 4.69) is 22.5 Å². The summed E-state index contributed by atoms with van der Waals surface area (Å²) in [6.07, 6.45) is 6.35. The van der Waals surface area contributed by atoms with Crippen molar-refractivity contribution in [2.45, 2.75) is 63.6 Å². The third kappa shape index (κ3) is 8.31. The zero-order valence-corrected chi connectivity index (χ0v) is 17.5. The summed E-state index contributed by atoms with van der Waals surface area (Å²) in [4.78, 5) is 7.23. The van der Waals surface area contributed by atoms with E-state index in [9.17, 15) is 5.11 Å². The molecule has 0 atom stereocenters. The Morgan fingerprint density at radius 2 is 1.88 bits per heavy atom. The highest BCUT2D eigenvalue weighted by molar-refractivity contribution is 14.0. The van der Waals surface area contributed by atoms with Crippen molar-refractivity contribution in [1.82, 2.24) is 15.5 Å². The highest BCUT2D eigenvalue weighted by Crippen LogP contribution is 2.26. The monoisotopic (exact) mass is 454 g/mol. The summed E-state index contributed by atoms with van der Waals surface area (Å²) < 4.78 is 5.20. The van der Waals surface area contributed by atoms with Gasteiger partial charge in [0.15, 0.2) is 5.96 Å². The average molecular weight is 454 g/mol. The van der Waals surface area contributed by atoms with E-state index in [0.29, 0.717) is 6.04 Å². The number of aliphatic imine (C=N–C) groups is 1. The van der Waals surface area contributed by atoms with Crippen LogP contribution in [0.3, 0.4) is 0 Å². The number of hydrogen-bond donors (Lipinski definition) is 3. The van der Waals surface area contributed by atoms with Gasteiger partial charge in [0.2, 0.25) is 0 Å². The number of hydrogen-bond acceptors (Lipinski definition) is 4. The van der Waals surface area contributed by atoms with E-state index in [1.807, 2.05) is 0 Å². The Morgan fingerprint density at radius 3 is 2.46 bits per heavy atom. The lowest BCUT2D eigenvalue weighted by atomic mass is 9.93. The fourth-order valence-corrected chi connectivity index (χ4v) is 3.15. The molecule has 2 rings (SSSR count). The first-order valence-electron chi connectivity index (χ1n) is 9.18. The topological polar surface area (TPSA) is 69.1 Å². The van der Waals surface area contributed by atoms with Crippen LogP contribution in [0.15, 0.2) is 4.99 Å². The second kappa shape index (κ2) is 12.3. The predicted molar refractivity (Wildman–Crippen MR) is 109 cm³/mol. The molecule has 2 saturated carbocycles. The summed E-state index contributed by atoms with van der Waals surface area (Å²) in [5.74, 6) is 0.913.